The number of piperidine rings is 1. The Hall–Kier alpha value is -1.76. The molecule has 1 aromatic heterocycles. The standard InChI is InChI=1S/C19H28N4O2/c1-14-4-3-5-17(10-14)19-21-18(25-22-19)12-20-11-16-6-8-23(9-7-16)13-15(2)24/h3-5,10,15-16,20,24H,6-9,11-13H2,1-2H3. The number of rotatable bonds is 7. The van der Waals surface area contributed by atoms with Gasteiger partial charge < -0.3 is 19.8 Å². The Balaban J connectivity index is 1.41. The van der Waals surface area contributed by atoms with Gasteiger partial charge in [-0.15, -0.1) is 0 Å². The molecule has 1 unspecified atom stereocenters. The number of β-amino-alcohol motifs (C(OH)–C–C–N with tert-alkyl or cyclic N) is 1. The first-order valence-corrected chi connectivity index (χ1v) is 9.11. The van der Waals surface area contributed by atoms with Gasteiger partial charge in [-0.05, 0) is 58.3 Å². The van der Waals surface area contributed by atoms with Crippen molar-refractivity contribution in [2.45, 2.75) is 39.3 Å². The van der Waals surface area contributed by atoms with Crippen molar-refractivity contribution in [1.29, 1.82) is 0 Å². The zero-order valence-corrected chi connectivity index (χ0v) is 15.1. The summed E-state index contributed by atoms with van der Waals surface area (Å²) in [6, 6.07) is 8.11. The van der Waals surface area contributed by atoms with Gasteiger partial charge in [-0.25, -0.2) is 0 Å². The fourth-order valence-corrected chi connectivity index (χ4v) is 3.36. The van der Waals surface area contributed by atoms with Gasteiger partial charge in [0.2, 0.25) is 11.7 Å². The molecule has 0 amide bonds. The Morgan fingerprint density at radius 1 is 1.36 bits per heavy atom. The highest BCUT2D eigenvalue weighted by molar-refractivity contribution is 5.55. The van der Waals surface area contributed by atoms with Crippen LogP contribution in [0.1, 0.15) is 31.2 Å². The van der Waals surface area contributed by atoms with Crippen LogP contribution in [0.4, 0.5) is 0 Å². The van der Waals surface area contributed by atoms with Crippen molar-refractivity contribution < 1.29 is 9.63 Å². The summed E-state index contributed by atoms with van der Waals surface area (Å²) >= 11 is 0. The lowest BCUT2D eigenvalue weighted by molar-refractivity contribution is 0.0996. The van der Waals surface area contributed by atoms with Gasteiger partial charge in [-0.1, -0.05) is 28.9 Å². The van der Waals surface area contributed by atoms with E-state index < -0.39 is 0 Å². The average Bonchev–Trinajstić information content (AvgIpc) is 3.05. The molecule has 3 rings (SSSR count). The first-order valence-electron chi connectivity index (χ1n) is 9.11. The van der Waals surface area contributed by atoms with Crippen LogP contribution in [0.2, 0.25) is 0 Å². The number of aryl methyl sites for hydroxylation is 1. The molecule has 1 aliphatic rings. The summed E-state index contributed by atoms with van der Waals surface area (Å²) in [6.07, 6.45) is 2.09. The van der Waals surface area contributed by atoms with Crippen LogP contribution in [-0.2, 0) is 6.54 Å². The number of nitrogens with one attached hydrogen (secondary N) is 1. The SMILES string of the molecule is Cc1cccc(-c2noc(CNCC3CCN(CC(C)O)CC3)n2)c1. The number of nitrogens with zero attached hydrogens (tertiary/aromatic N) is 3. The summed E-state index contributed by atoms with van der Waals surface area (Å²) in [4.78, 5) is 6.81. The second-order valence-electron chi connectivity index (χ2n) is 7.11. The summed E-state index contributed by atoms with van der Waals surface area (Å²) in [6.45, 7) is 8.38. The molecule has 1 saturated heterocycles. The molecule has 0 spiro atoms. The predicted octanol–water partition coefficient (Wildman–Crippen LogP) is 2.23. The lowest BCUT2D eigenvalue weighted by Gasteiger charge is -2.32. The predicted molar refractivity (Wildman–Crippen MR) is 97.0 cm³/mol. The van der Waals surface area contributed by atoms with Crippen molar-refractivity contribution >= 4 is 0 Å². The third kappa shape index (κ3) is 5.36. The topological polar surface area (TPSA) is 74.4 Å². The van der Waals surface area contributed by atoms with Crippen LogP contribution in [0.5, 0.6) is 0 Å². The van der Waals surface area contributed by atoms with Crippen molar-refractivity contribution in [3.05, 3.63) is 35.7 Å². The van der Waals surface area contributed by atoms with Crippen LogP contribution in [0.25, 0.3) is 11.4 Å². The smallest absolute Gasteiger partial charge is 0.240 e. The molecule has 1 aromatic carbocycles. The van der Waals surface area contributed by atoms with Crippen LogP contribution in [0.3, 0.4) is 0 Å². The fraction of sp³-hybridized carbons (Fsp3) is 0.579. The van der Waals surface area contributed by atoms with E-state index in [-0.39, 0.29) is 6.10 Å². The number of aliphatic hydroxyl groups excluding tert-OH is 1. The quantitative estimate of drug-likeness (QED) is 0.802. The Labute approximate surface area is 149 Å². The van der Waals surface area contributed by atoms with E-state index in [0.29, 0.717) is 24.2 Å². The molecular formula is C19H28N4O2. The lowest BCUT2D eigenvalue weighted by atomic mass is 9.96. The Kier molecular flexibility index (Phi) is 6.18. The second-order valence-corrected chi connectivity index (χ2v) is 7.11. The Bertz CT molecular complexity index is 663. The third-order valence-electron chi connectivity index (χ3n) is 4.68. The number of hydrogen-bond donors (Lipinski definition) is 2. The van der Waals surface area contributed by atoms with Gasteiger partial charge in [0.25, 0.3) is 0 Å². The largest absolute Gasteiger partial charge is 0.392 e. The number of hydrogen-bond acceptors (Lipinski definition) is 6. The van der Waals surface area contributed by atoms with Gasteiger partial charge in [0.05, 0.1) is 12.6 Å². The highest BCUT2D eigenvalue weighted by Crippen LogP contribution is 2.18. The van der Waals surface area contributed by atoms with E-state index in [2.05, 4.69) is 39.4 Å². The maximum Gasteiger partial charge on any atom is 0.240 e. The molecule has 6 nitrogen and oxygen atoms in total. The highest BCUT2D eigenvalue weighted by Gasteiger charge is 2.20. The van der Waals surface area contributed by atoms with Crippen molar-refractivity contribution in [2.24, 2.45) is 5.92 Å². The lowest BCUT2D eigenvalue weighted by Crippen LogP contribution is -2.40. The molecule has 0 radical (unpaired) electrons. The molecule has 0 aliphatic carbocycles. The van der Waals surface area contributed by atoms with Gasteiger partial charge in [0, 0.05) is 12.1 Å². The van der Waals surface area contributed by atoms with E-state index in [0.717, 1.165) is 44.6 Å². The minimum atomic E-state index is -0.241. The van der Waals surface area contributed by atoms with Gasteiger partial charge in [-0.2, -0.15) is 4.98 Å². The summed E-state index contributed by atoms with van der Waals surface area (Å²) in [5.74, 6) is 1.94. The Morgan fingerprint density at radius 3 is 2.88 bits per heavy atom. The molecule has 1 fully saturated rings. The summed E-state index contributed by atoms with van der Waals surface area (Å²) in [7, 11) is 0. The average molecular weight is 344 g/mol. The molecule has 0 bridgehead atoms. The first-order chi connectivity index (χ1) is 12.1. The van der Waals surface area contributed by atoms with Crippen LogP contribution >= 0.6 is 0 Å². The second kappa shape index (κ2) is 8.56. The van der Waals surface area contributed by atoms with Crippen LogP contribution in [-0.4, -0.2) is 52.4 Å². The fourth-order valence-electron chi connectivity index (χ4n) is 3.36. The minimum absolute atomic E-state index is 0.241. The summed E-state index contributed by atoms with van der Waals surface area (Å²) < 4.78 is 5.35. The van der Waals surface area contributed by atoms with Gasteiger partial charge >= 0.3 is 0 Å². The Morgan fingerprint density at radius 2 is 2.16 bits per heavy atom. The molecule has 136 valence electrons. The van der Waals surface area contributed by atoms with E-state index in [4.69, 9.17) is 4.52 Å². The molecule has 6 heteroatoms. The summed E-state index contributed by atoms with van der Waals surface area (Å²) in [5, 5.41) is 17.0. The maximum atomic E-state index is 9.46. The molecule has 2 N–H and O–H groups in total. The van der Waals surface area contributed by atoms with E-state index >= 15 is 0 Å². The monoisotopic (exact) mass is 344 g/mol. The molecule has 1 aliphatic heterocycles. The molecule has 1 atom stereocenters. The molecule has 25 heavy (non-hydrogen) atoms. The number of likely N-dealkylation sites (tertiary alicyclic amines) is 1. The van der Waals surface area contributed by atoms with Crippen LogP contribution in [0, 0.1) is 12.8 Å². The van der Waals surface area contributed by atoms with Crippen molar-refractivity contribution in [3.63, 3.8) is 0 Å². The van der Waals surface area contributed by atoms with Crippen molar-refractivity contribution in [2.75, 3.05) is 26.2 Å². The maximum absolute atomic E-state index is 9.46. The van der Waals surface area contributed by atoms with Crippen LogP contribution < -0.4 is 5.32 Å². The third-order valence-corrected chi connectivity index (χ3v) is 4.68. The van der Waals surface area contributed by atoms with Gasteiger partial charge in [-0.3, -0.25) is 0 Å². The summed E-state index contributed by atoms with van der Waals surface area (Å²) in [5.41, 5.74) is 2.17. The van der Waals surface area contributed by atoms with Crippen LogP contribution in [0.15, 0.2) is 28.8 Å². The minimum Gasteiger partial charge on any atom is -0.392 e. The number of aliphatic hydroxyl groups is 1. The normalized spacial score (nSPS) is 17.7. The van der Waals surface area contributed by atoms with E-state index in [1.807, 2.05) is 19.1 Å². The zero-order chi connectivity index (χ0) is 17.6. The number of benzene rings is 1. The molecule has 0 saturated carbocycles. The molecule has 2 aromatic rings. The number of aromatic nitrogens is 2. The van der Waals surface area contributed by atoms with Crippen molar-refractivity contribution in [1.82, 2.24) is 20.4 Å². The van der Waals surface area contributed by atoms with E-state index in [9.17, 15) is 5.11 Å². The first kappa shape index (κ1) is 18.0. The van der Waals surface area contributed by atoms with Gasteiger partial charge in [0.15, 0.2) is 0 Å². The van der Waals surface area contributed by atoms with Crippen molar-refractivity contribution in [3.8, 4) is 11.4 Å². The zero-order valence-electron chi connectivity index (χ0n) is 15.1. The molecular weight excluding hydrogens is 316 g/mol. The molecule has 2 heterocycles. The van der Waals surface area contributed by atoms with E-state index in [1.165, 1.54) is 5.56 Å². The highest BCUT2D eigenvalue weighted by atomic mass is 16.5. The van der Waals surface area contributed by atoms with E-state index in [1.54, 1.807) is 0 Å². The van der Waals surface area contributed by atoms with Gasteiger partial charge in [0.1, 0.15) is 0 Å².